The summed E-state index contributed by atoms with van der Waals surface area (Å²) in [5, 5.41) is 0. The van der Waals surface area contributed by atoms with Crippen molar-refractivity contribution in [3.63, 3.8) is 0 Å². The molecule has 0 fully saturated rings. The van der Waals surface area contributed by atoms with Crippen molar-refractivity contribution in [1.82, 2.24) is 9.55 Å². The molecule has 1 aromatic carbocycles. The average Bonchev–Trinajstić information content (AvgIpc) is 2.79. The van der Waals surface area contributed by atoms with Crippen LogP contribution in [-0.4, -0.2) is 9.55 Å². The Labute approximate surface area is 104 Å². The molecule has 2 N–H and O–H groups in total. The van der Waals surface area contributed by atoms with E-state index in [4.69, 9.17) is 5.73 Å². The zero-order chi connectivity index (χ0) is 13.1. The first-order chi connectivity index (χ1) is 8.61. The number of halogens is 2. The monoisotopic (exact) mass is 251 g/mol. The van der Waals surface area contributed by atoms with Crippen molar-refractivity contribution in [2.24, 2.45) is 5.73 Å². The van der Waals surface area contributed by atoms with E-state index in [1.54, 1.807) is 6.20 Å². The van der Waals surface area contributed by atoms with Gasteiger partial charge < -0.3 is 10.3 Å². The van der Waals surface area contributed by atoms with E-state index in [9.17, 15) is 8.78 Å². The quantitative estimate of drug-likeness (QED) is 0.907. The van der Waals surface area contributed by atoms with Gasteiger partial charge in [0.1, 0.15) is 17.5 Å². The topological polar surface area (TPSA) is 43.8 Å². The molecule has 0 spiro atoms. The highest BCUT2D eigenvalue weighted by molar-refractivity contribution is 5.23. The second-order valence-corrected chi connectivity index (χ2v) is 4.11. The molecule has 0 aliphatic rings. The van der Waals surface area contributed by atoms with E-state index >= 15 is 0 Å². The summed E-state index contributed by atoms with van der Waals surface area (Å²) >= 11 is 0. The molecule has 0 radical (unpaired) electrons. The number of rotatable bonds is 4. The maximum atomic E-state index is 13.6. The fourth-order valence-corrected chi connectivity index (χ4v) is 1.92. The number of nitrogens with zero attached hydrogens (tertiary/aromatic N) is 2. The molecule has 0 saturated heterocycles. The maximum absolute atomic E-state index is 13.6. The first kappa shape index (κ1) is 12.7. The Bertz CT molecular complexity index is 537. The highest BCUT2D eigenvalue weighted by Gasteiger charge is 2.15. The van der Waals surface area contributed by atoms with Gasteiger partial charge in [-0.3, -0.25) is 0 Å². The second-order valence-electron chi connectivity index (χ2n) is 4.11. The van der Waals surface area contributed by atoms with Gasteiger partial charge in [-0.1, -0.05) is 0 Å². The van der Waals surface area contributed by atoms with Gasteiger partial charge in [0.2, 0.25) is 0 Å². The van der Waals surface area contributed by atoms with Crippen molar-refractivity contribution >= 4 is 0 Å². The smallest absolute Gasteiger partial charge is 0.128 e. The minimum atomic E-state index is -0.603. The van der Waals surface area contributed by atoms with Crippen LogP contribution in [0, 0.1) is 11.6 Å². The number of aromatic nitrogens is 2. The Morgan fingerprint density at radius 2 is 2.17 bits per heavy atom. The third-order valence-electron chi connectivity index (χ3n) is 2.90. The van der Waals surface area contributed by atoms with Crippen molar-refractivity contribution in [3.8, 4) is 0 Å². The molecule has 0 amide bonds. The lowest BCUT2D eigenvalue weighted by atomic mass is 10.0. The van der Waals surface area contributed by atoms with Gasteiger partial charge in [-0.05, 0) is 25.1 Å². The number of imidazole rings is 1. The van der Waals surface area contributed by atoms with Crippen molar-refractivity contribution in [2.75, 3.05) is 0 Å². The highest BCUT2D eigenvalue weighted by Crippen LogP contribution is 2.19. The van der Waals surface area contributed by atoms with E-state index in [1.807, 2.05) is 17.7 Å². The van der Waals surface area contributed by atoms with Gasteiger partial charge in [0, 0.05) is 37.0 Å². The van der Waals surface area contributed by atoms with Crippen LogP contribution < -0.4 is 5.73 Å². The summed E-state index contributed by atoms with van der Waals surface area (Å²) in [6.45, 7) is 2.76. The maximum Gasteiger partial charge on any atom is 0.128 e. The molecular formula is C13H15F2N3. The summed E-state index contributed by atoms with van der Waals surface area (Å²) in [4.78, 5) is 4.17. The lowest BCUT2D eigenvalue weighted by Gasteiger charge is -2.13. The molecule has 3 nitrogen and oxygen atoms in total. The van der Waals surface area contributed by atoms with Crippen LogP contribution in [0.2, 0.25) is 0 Å². The molecule has 96 valence electrons. The lowest BCUT2D eigenvalue weighted by molar-refractivity contribution is 0.550. The van der Waals surface area contributed by atoms with E-state index in [2.05, 4.69) is 4.98 Å². The molecule has 0 aliphatic heterocycles. The molecule has 2 aromatic rings. The summed E-state index contributed by atoms with van der Waals surface area (Å²) in [5.74, 6) is -0.201. The van der Waals surface area contributed by atoms with Crippen LogP contribution in [0.4, 0.5) is 8.78 Å². The van der Waals surface area contributed by atoms with Crippen molar-refractivity contribution in [1.29, 1.82) is 0 Å². The molecule has 1 atom stereocenters. The van der Waals surface area contributed by atoms with Gasteiger partial charge in [-0.2, -0.15) is 0 Å². The Morgan fingerprint density at radius 3 is 2.89 bits per heavy atom. The molecule has 1 aromatic heterocycles. The molecule has 18 heavy (non-hydrogen) atoms. The van der Waals surface area contributed by atoms with E-state index in [0.717, 1.165) is 30.6 Å². The molecule has 2 rings (SSSR count). The number of hydrogen-bond donors (Lipinski definition) is 1. The Morgan fingerprint density at radius 1 is 1.39 bits per heavy atom. The molecule has 5 heteroatoms. The lowest BCUT2D eigenvalue weighted by Crippen LogP contribution is -2.18. The van der Waals surface area contributed by atoms with Gasteiger partial charge in [-0.25, -0.2) is 13.8 Å². The minimum Gasteiger partial charge on any atom is -0.335 e. The van der Waals surface area contributed by atoms with Gasteiger partial charge >= 0.3 is 0 Å². The Hall–Kier alpha value is -1.75. The predicted molar refractivity (Wildman–Crippen MR) is 64.9 cm³/mol. The fourth-order valence-electron chi connectivity index (χ4n) is 1.92. The van der Waals surface area contributed by atoms with Gasteiger partial charge in [0.05, 0.1) is 0 Å². The summed E-state index contributed by atoms with van der Waals surface area (Å²) in [6, 6.07) is 2.71. The van der Waals surface area contributed by atoms with Crippen LogP contribution >= 0.6 is 0 Å². The van der Waals surface area contributed by atoms with Crippen LogP contribution in [0.1, 0.15) is 24.4 Å². The van der Waals surface area contributed by atoms with Crippen LogP contribution in [0.3, 0.4) is 0 Å². The minimum absolute atomic E-state index is 0.181. The van der Waals surface area contributed by atoms with Crippen LogP contribution in [0.25, 0.3) is 0 Å². The normalized spacial score (nSPS) is 12.7. The van der Waals surface area contributed by atoms with E-state index in [0.29, 0.717) is 6.42 Å². The number of nitrogens with two attached hydrogens (primary N) is 1. The number of hydrogen-bond acceptors (Lipinski definition) is 2. The van der Waals surface area contributed by atoms with E-state index in [1.165, 1.54) is 0 Å². The van der Waals surface area contributed by atoms with Crippen molar-refractivity contribution < 1.29 is 8.78 Å². The predicted octanol–water partition coefficient (Wildman–Crippen LogP) is 2.42. The van der Waals surface area contributed by atoms with Crippen molar-refractivity contribution in [3.05, 3.63) is 53.6 Å². The first-order valence-electron chi connectivity index (χ1n) is 5.82. The van der Waals surface area contributed by atoms with E-state index in [-0.39, 0.29) is 5.56 Å². The number of aryl methyl sites for hydroxylation is 1. The van der Waals surface area contributed by atoms with Crippen molar-refractivity contribution in [2.45, 2.75) is 25.9 Å². The van der Waals surface area contributed by atoms with Crippen LogP contribution in [0.5, 0.6) is 0 Å². The summed E-state index contributed by atoms with van der Waals surface area (Å²) in [7, 11) is 0. The zero-order valence-corrected chi connectivity index (χ0v) is 10.1. The second kappa shape index (κ2) is 5.27. The summed E-state index contributed by atoms with van der Waals surface area (Å²) in [6.07, 6.45) is 3.89. The van der Waals surface area contributed by atoms with Gasteiger partial charge in [0.15, 0.2) is 0 Å². The number of benzene rings is 1. The molecule has 0 aliphatic carbocycles. The SMILES string of the molecule is CCn1ccnc1CC(N)c1cc(F)ccc1F. The fraction of sp³-hybridized carbons (Fsp3) is 0.308. The standard InChI is InChI=1S/C13H15F2N3/c1-2-18-6-5-17-13(18)8-12(16)10-7-9(14)3-4-11(10)15/h3-7,12H,2,8,16H2,1H3. The van der Waals surface area contributed by atoms with E-state index < -0.39 is 17.7 Å². The van der Waals surface area contributed by atoms with Crippen LogP contribution in [0.15, 0.2) is 30.6 Å². The summed E-state index contributed by atoms with van der Waals surface area (Å²) in [5.41, 5.74) is 6.10. The highest BCUT2D eigenvalue weighted by atomic mass is 19.1. The first-order valence-corrected chi connectivity index (χ1v) is 5.82. The van der Waals surface area contributed by atoms with Gasteiger partial charge in [0.25, 0.3) is 0 Å². The van der Waals surface area contributed by atoms with Gasteiger partial charge in [-0.15, -0.1) is 0 Å². The van der Waals surface area contributed by atoms with Crippen LogP contribution in [-0.2, 0) is 13.0 Å². The Balaban J connectivity index is 2.21. The molecule has 1 unspecified atom stereocenters. The largest absolute Gasteiger partial charge is 0.335 e. The summed E-state index contributed by atoms with van der Waals surface area (Å²) < 4.78 is 28.6. The third-order valence-corrected chi connectivity index (χ3v) is 2.90. The zero-order valence-electron chi connectivity index (χ0n) is 10.1. The molecular weight excluding hydrogens is 236 g/mol. The average molecular weight is 251 g/mol. The molecule has 0 saturated carbocycles. The Kier molecular flexibility index (Phi) is 3.72. The molecule has 1 heterocycles. The third kappa shape index (κ3) is 2.56. The molecule has 0 bridgehead atoms.